The lowest BCUT2D eigenvalue weighted by atomic mass is 10.3. The minimum atomic E-state index is -1.39. The van der Waals surface area contributed by atoms with Gasteiger partial charge >= 0.3 is 0 Å². The highest BCUT2D eigenvalue weighted by atomic mass is 79.9. The van der Waals surface area contributed by atoms with Gasteiger partial charge in [-0.3, -0.25) is 0 Å². The maximum atomic E-state index is 3.73. The Hall–Kier alpha value is -1.64. The van der Waals surface area contributed by atoms with Crippen molar-refractivity contribution in [3.05, 3.63) is 89.4 Å². The Morgan fingerprint density at radius 2 is 1.00 bits per heavy atom. The van der Waals surface area contributed by atoms with E-state index in [0.29, 0.717) is 0 Å². The Kier molecular flexibility index (Phi) is 4.14. The Bertz CT molecular complexity index is 641. The van der Waals surface area contributed by atoms with E-state index in [2.05, 4.69) is 101 Å². The van der Waals surface area contributed by atoms with E-state index in [1.54, 1.807) is 0 Å². The summed E-state index contributed by atoms with van der Waals surface area (Å²) in [6.45, 7) is 0. The van der Waals surface area contributed by atoms with Crippen LogP contribution in [0.1, 0.15) is 0 Å². The zero-order valence-corrected chi connectivity index (χ0v) is 13.8. The molecular weight excluding hydrogens is 324 g/mol. The summed E-state index contributed by atoms with van der Waals surface area (Å²) < 4.78 is 1.21. The van der Waals surface area contributed by atoms with Crippen LogP contribution in [0.2, 0.25) is 0 Å². The van der Waals surface area contributed by atoms with Crippen LogP contribution in [-0.4, -0.2) is 8.80 Å². The lowest BCUT2D eigenvalue weighted by molar-refractivity contribution is 1.68. The second kappa shape index (κ2) is 6.20. The first-order chi connectivity index (χ1) is 9.86. The van der Waals surface area contributed by atoms with Crippen molar-refractivity contribution in [2.24, 2.45) is 0 Å². The van der Waals surface area contributed by atoms with Gasteiger partial charge in [0.2, 0.25) is 0 Å². The molecule has 0 N–H and O–H groups in total. The van der Waals surface area contributed by atoms with Crippen LogP contribution in [-0.2, 0) is 0 Å². The van der Waals surface area contributed by atoms with Gasteiger partial charge in [0.25, 0.3) is 0 Å². The molecule has 3 aromatic carbocycles. The van der Waals surface area contributed by atoms with E-state index in [4.69, 9.17) is 0 Å². The Morgan fingerprint density at radius 1 is 0.550 bits per heavy atom. The summed E-state index contributed by atoms with van der Waals surface area (Å²) in [5, 5.41) is 4.33. The standard InChI is InChI=1S/C18H15BrSi/c19-17-13-7-8-14-18(17)20(15-9-3-1-4-10-15)16-11-5-2-6-12-16/h1-14,20H. The molecule has 0 amide bonds. The zero-order chi connectivity index (χ0) is 13.8. The molecule has 98 valence electrons. The predicted molar refractivity (Wildman–Crippen MR) is 93.1 cm³/mol. The average molecular weight is 339 g/mol. The van der Waals surface area contributed by atoms with E-state index in [0.717, 1.165) is 0 Å². The summed E-state index contributed by atoms with van der Waals surface area (Å²) in [4.78, 5) is 0. The summed E-state index contributed by atoms with van der Waals surface area (Å²) >= 11 is 3.73. The molecule has 20 heavy (non-hydrogen) atoms. The summed E-state index contributed by atoms with van der Waals surface area (Å²) in [7, 11) is -1.39. The first-order valence-corrected chi connectivity index (χ1v) is 9.23. The summed E-state index contributed by atoms with van der Waals surface area (Å²) in [6.07, 6.45) is 0. The van der Waals surface area contributed by atoms with E-state index in [1.807, 2.05) is 0 Å². The maximum Gasteiger partial charge on any atom is 0.134 e. The van der Waals surface area contributed by atoms with Gasteiger partial charge < -0.3 is 0 Å². The topological polar surface area (TPSA) is 0 Å². The van der Waals surface area contributed by atoms with E-state index >= 15 is 0 Å². The van der Waals surface area contributed by atoms with Crippen LogP contribution in [0.25, 0.3) is 0 Å². The van der Waals surface area contributed by atoms with Crippen molar-refractivity contribution >= 4 is 40.3 Å². The second-order valence-electron chi connectivity index (χ2n) is 4.78. The predicted octanol–water partition coefficient (Wildman–Crippen LogP) is 2.70. The molecule has 3 rings (SSSR count). The molecule has 3 aromatic rings. The first kappa shape index (κ1) is 13.3. The molecule has 0 unspecified atom stereocenters. The second-order valence-corrected chi connectivity index (χ2v) is 8.45. The van der Waals surface area contributed by atoms with Gasteiger partial charge in [-0.15, -0.1) is 0 Å². The molecular formula is C18H15BrSi. The number of hydrogen-bond donors (Lipinski definition) is 0. The van der Waals surface area contributed by atoms with Gasteiger partial charge in [0, 0.05) is 4.47 Å². The molecule has 0 heterocycles. The molecule has 0 bridgehead atoms. The van der Waals surface area contributed by atoms with Gasteiger partial charge in [-0.1, -0.05) is 105 Å². The first-order valence-electron chi connectivity index (χ1n) is 6.70. The molecule has 0 atom stereocenters. The highest BCUT2D eigenvalue weighted by Gasteiger charge is 2.20. The fourth-order valence-electron chi connectivity index (χ4n) is 2.55. The Morgan fingerprint density at radius 3 is 1.50 bits per heavy atom. The summed E-state index contributed by atoms with van der Waals surface area (Å²) in [6, 6.07) is 30.3. The van der Waals surface area contributed by atoms with Gasteiger partial charge in [0.15, 0.2) is 0 Å². The van der Waals surface area contributed by atoms with Crippen molar-refractivity contribution in [1.82, 2.24) is 0 Å². The van der Waals surface area contributed by atoms with Crippen molar-refractivity contribution < 1.29 is 0 Å². The zero-order valence-electron chi connectivity index (χ0n) is 11.0. The van der Waals surface area contributed by atoms with Crippen LogP contribution >= 0.6 is 15.9 Å². The molecule has 0 fully saturated rings. The lowest BCUT2D eigenvalue weighted by Crippen LogP contribution is -2.52. The van der Waals surface area contributed by atoms with Gasteiger partial charge in [-0.2, -0.15) is 0 Å². The largest absolute Gasteiger partial charge is 0.134 e. The van der Waals surface area contributed by atoms with E-state index in [1.165, 1.54) is 20.0 Å². The average Bonchev–Trinajstić information content (AvgIpc) is 2.52. The van der Waals surface area contributed by atoms with Gasteiger partial charge in [-0.05, 0) is 11.3 Å². The van der Waals surface area contributed by atoms with Crippen molar-refractivity contribution in [2.45, 2.75) is 0 Å². The molecule has 0 aliphatic rings. The molecule has 0 saturated heterocycles. The maximum absolute atomic E-state index is 3.73. The highest BCUT2D eigenvalue weighted by molar-refractivity contribution is 9.10. The Balaban J connectivity index is 2.17. The van der Waals surface area contributed by atoms with Crippen LogP contribution in [0.5, 0.6) is 0 Å². The van der Waals surface area contributed by atoms with Crippen molar-refractivity contribution in [3.8, 4) is 0 Å². The normalized spacial score (nSPS) is 10.7. The third kappa shape index (κ3) is 2.76. The number of hydrogen-bond acceptors (Lipinski definition) is 0. The quantitative estimate of drug-likeness (QED) is 0.508. The van der Waals surface area contributed by atoms with Crippen LogP contribution < -0.4 is 15.6 Å². The van der Waals surface area contributed by atoms with Crippen molar-refractivity contribution in [3.63, 3.8) is 0 Å². The minimum absolute atomic E-state index is 1.21. The highest BCUT2D eigenvalue weighted by Crippen LogP contribution is 2.07. The number of rotatable bonds is 3. The molecule has 0 nitrogen and oxygen atoms in total. The molecule has 0 aliphatic heterocycles. The summed E-state index contributed by atoms with van der Waals surface area (Å²) in [5.74, 6) is 0. The Labute approximate surface area is 129 Å². The third-order valence-corrected chi connectivity index (χ3v) is 7.86. The molecule has 0 spiro atoms. The molecule has 0 aromatic heterocycles. The third-order valence-electron chi connectivity index (χ3n) is 3.48. The van der Waals surface area contributed by atoms with E-state index < -0.39 is 8.80 Å². The fraction of sp³-hybridized carbons (Fsp3) is 0. The molecule has 0 saturated carbocycles. The van der Waals surface area contributed by atoms with E-state index in [9.17, 15) is 0 Å². The molecule has 2 heteroatoms. The SMILES string of the molecule is Brc1ccccc1[SiH](c1ccccc1)c1ccccc1. The summed E-state index contributed by atoms with van der Waals surface area (Å²) in [5.41, 5.74) is 0. The van der Waals surface area contributed by atoms with Gasteiger partial charge in [0.1, 0.15) is 8.80 Å². The van der Waals surface area contributed by atoms with Crippen molar-refractivity contribution in [1.29, 1.82) is 0 Å². The smallest absolute Gasteiger partial charge is 0.0625 e. The van der Waals surface area contributed by atoms with Crippen LogP contribution in [0.4, 0.5) is 0 Å². The van der Waals surface area contributed by atoms with Crippen molar-refractivity contribution in [2.75, 3.05) is 0 Å². The lowest BCUT2D eigenvalue weighted by Gasteiger charge is -2.18. The van der Waals surface area contributed by atoms with Gasteiger partial charge in [0.05, 0.1) is 0 Å². The number of halogens is 1. The minimum Gasteiger partial charge on any atom is -0.0625 e. The fourth-order valence-corrected chi connectivity index (χ4v) is 6.52. The monoisotopic (exact) mass is 338 g/mol. The van der Waals surface area contributed by atoms with Gasteiger partial charge in [-0.25, -0.2) is 0 Å². The molecule has 0 radical (unpaired) electrons. The van der Waals surface area contributed by atoms with E-state index in [-0.39, 0.29) is 0 Å². The van der Waals surface area contributed by atoms with Crippen LogP contribution in [0, 0.1) is 0 Å². The van der Waals surface area contributed by atoms with Crippen LogP contribution in [0.3, 0.4) is 0 Å². The number of benzene rings is 3. The molecule has 0 aliphatic carbocycles. The van der Waals surface area contributed by atoms with Crippen LogP contribution in [0.15, 0.2) is 89.4 Å².